The zero-order valence-electron chi connectivity index (χ0n) is 13.0. The molecule has 0 spiro atoms. The molecule has 6 heteroatoms. The van der Waals surface area contributed by atoms with Crippen molar-refractivity contribution in [3.05, 3.63) is 29.8 Å². The second kappa shape index (κ2) is 6.87. The van der Waals surface area contributed by atoms with E-state index in [1.54, 1.807) is 18.2 Å². The molecule has 2 atom stereocenters. The van der Waals surface area contributed by atoms with E-state index >= 15 is 0 Å². The van der Waals surface area contributed by atoms with Crippen LogP contribution in [0.3, 0.4) is 0 Å². The molecule has 1 aliphatic heterocycles. The number of hydrogen-bond donors (Lipinski definition) is 2. The summed E-state index contributed by atoms with van der Waals surface area (Å²) in [4.78, 5) is 2.59. The third-order valence-electron chi connectivity index (χ3n) is 4.00. The molecule has 2 N–H and O–H groups in total. The summed E-state index contributed by atoms with van der Waals surface area (Å²) in [5.74, 6) is 0.319. The second-order valence-electron chi connectivity index (χ2n) is 5.93. The average Bonchev–Trinajstić information content (AvgIpc) is 2.43. The van der Waals surface area contributed by atoms with Crippen LogP contribution in [0.4, 0.5) is 0 Å². The molecule has 0 aromatic heterocycles. The van der Waals surface area contributed by atoms with Gasteiger partial charge in [-0.15, -0.1) is 0 Å². The van der Waals surface area contributed by atoms with Crippen molar-refractivity contribution in [1.82, 2.24) is 14.9 Å². The molecule has 1 heterocycles. The van der Waals surface area contributed by atoms with Crippen molar-refractivity contribution in [2.75, 3.05) is 27.2 Å². The predicted octanol–water partition coefficient (Wildman–Crippen LogP) is 1.02. The Balaban J connectivity index is 2.13. The largest absolute Gasteiger partial charge is 0.316 e. The summed E-state index contributed by atoms with van der Waals surface area (Å²) in [5, 5.41) is 3.04. The molecular weight excluding hydrogens is 286 g/mol. The Bertz CT molecular complexity index is 574. The van der Waals surface area contributed by atoms with E-state index < -0.39 is 10.0 Å². The molecule has 21 heavy (non-hydrogen) atoms. The molecule has 2 unspecified atom stereocenters. The topological polar surface area (TPSA) is 61.4 Å². The quantitative estimate of drug-likeness (QED) is 0.852. The Morgan fingerprint density at radius 3 is 2.81 bits per heavy atom. The minimum atomic E-state index is -3.45. The Morgan fingerprint density at radius 1 is 1.38 bits per heavy atom. The molecule has 1 saturated heterocycles. The summed E-state index contributed by atoms with van der Waals surface area (Å²) in [6, 6.07) is 7.12. The molecule has 2 rings (SSSR count). The lowest BCUT2D eigenvalue weighted by Crippen LogP contribution is -2.48. The van der Waals surface area contributed by atoms with Crippen molar-refractivity contribution in [3.63, 3.8) is 0 Å². The van der Waals surface area contributed by atoms with Gasteiger partial charge in [0.2, 0.25) is 10.0 Å². The summed E-state index contributed by atoms with van der Waals surface area (Å²) < 4.78 is 28.0. The summed E-state index contributed by atoms with van der Waals surface area (Å²) in [5.41, 5.74) is 0.969. The van der Waals surface area contributed by atoms with E-state index in [2.05, 4.69) is 28.9 Å². The molecule has 1 aromatic rings. The molecule has 1 aromatic carbocycles. The highest BCUT2D eigenvalue weighted by Gasteiger charge is 2.28. The van der Waals surface area contributed by atoms with Gasteiger partial charge in [-0.1, -0.05) is 19.1 Å². The van der Waals surface area contributed by atoms with E-state index in [-0.39, 0.29) is 6.04 Å². The lowest BCUT2D eigenvalue weighted by atomic mass is 9.95. The maximum absolute atomic E-state index is 12.5. The van der Waals surface area contributed by atoms with Crippen LogP contribution in [0.2, 0.25) is 0 Å². The Morgan fingerprint density at radius 2 is 2.14 bits per heavy atom. The first kappa shape index (κ1) is 16.4. The van der Waals surface area contributed by atoms with E-state index in [4.69, 9.17) is 0 Å². The molecule has 5 nitrogen and oxygen atoms in total. The highest BCUT2D eigenvalue weighted by molar-refractivity contribution is 7.89. The van der Waals surface area contributed by atoms with Gasteiger partial charge >= 0.3 is 0 Å². The van der Waals surface area contributed by atoms with Crippen LogP contribution in [0.5, 0.6) is 0 Å². The van der Waals surface area contributed by atoms with Gasteiger partial charge in [0.15, 0.2) is 0 Å². The molecule has 1 fully saturated rings. The molecule has 118 valence electrons. The third kappa shape index (κ3) is 4.26. The van der Waals surface area contributed by atoms with Gasteiger partial charge in [-0.05, 0) is 50.7 Å². The van der Waals surface area contributed by atoms with Crippen LogP contribution in [0.25, 0.3) is 0 Å². The summed E-state index contributed by atoms with van der Waals surface area (Å²) >= 11 is 0. The Labute approximate surface area is 127 Å². The highest BCUT2D eigenvalue weighted by atomic mass is 32.2. The van der Waals surface area contributed by atoms with Gasteiger partial charge in [-0.25, -0.2) is 13.1 Å². The number of likely N-dealkylation sites (tertiary alicyclic amines) is 1. The van der Waals surface area contributed by atoms with Gasteiger partial charge in [-0.3, -0.25) is 0 Å². The third-order valence-corrected chi connectivity index (χ3v) is 5.49. The lowest BCUT2D eigenvalue weighted by molar-refractivity contribution is 0.188. The molecular formula is C15H25N3O2S. The number of piperidine rings is 1. The van der Waals surface area contributed by atoms with Gasteiger partial charge in [-0.2, -0.15) is 0 Å². The molecule has 0 saturated carbocycles. The van der Waals surface area contributed by atoms with E-state index in [0.717, 1.165) is 25.1 Å². The smallest absolute Gasteiger partial charge is 0.240 e. The van der Waals surface area contributed by atoms with Gasteiger partial charge in [0.1, 0.15) is 0 Å². The van der Waals surface area contributed by atoms with E-state index in [1.807, 2.05) is 13.1 Å². The first-order chi connectivity index (χ1) is 9.92. The van der Waals surface area contributed by atoms with Crippen molar-refractivity contribution < 1.29 is 8.42 Å². The van der Waals surface area contributed by atoms with Crippen LogP contribution in [-0.2, 0) is 16.6 Å². The Hall–Kier alpha value is -0.950. The summed E-state index contributed by atoms with van der Waals surface area (Å²) in [6.07, 6.45) is 0.854. The first-order valence-electron chi connectivity index (χ1n) is 7.37. The predicted molar refractivity (Wildman–Crippen MR) is 84.6 cm³/mol. The van der Waals surface area contributed by atoms with Gasteiger partial charge in [0.05, 0.1) is 4.90 Å². The van der Waals surface area contributed by atoms with Gasteiger partial charge in [0, 0.05) is 19.1 Å². The number of benzene rings is 1. The van der Waals surface area contributed by atoms with Crippen LogP contribution in [0.1, 0.15) is 18.9 Å². The minimum Gasteiger partial charge on any atom is -0.316 e. The molecule has 0 bridgehead atoms. The first-order valence-corrected chi connectivity index (χ1v) is 8.85. The van der Waals surface area contributed by atoms with Crippen molar-refractivity contribution in [3.8, 4) is 0 Å². The fourth-order valence-electron chi connectivity index (χ4n) is 2.82. The minimum absolute atomic E-state index is 0.0131. The molecule has 0 radical (unpaired) electrons. The maximum atomic E-state index is 12.5. The zero-order valence-corrected chi connectivity index (χ0v) is 13.8. The van der Waals surface area contributed by atoms with E-state index in [0.29, 0.717) is 17.4 Å². The SMILES string of the molecule is CNCc1cccc(S(=O)(=O)NC2CCN(C)CC2C)c1. The van der Waals surface area contributed by atoms with Gasteiger partial charge < -0.3 is 10.2 Å². The number of hydrogen-bond acceptors (Lipinski definition) is 4. The fraction of sp³-hybridized carbons (Fsp3) is 0.600. The highest BCUT2D eigenvalue weighted by Crippen LogP contribution is 2.19. The number of nitrogens with one attached hydrogen (secondary N) is 2. The standard InChI is InChI=1S/C15H25N3O2S/c1-12-11-18(3)8-7-15(12)17-21(19,20)14-6-4-5-13(9-14)10-16-2/h4-6,9,12,15-17H,7-8,10-11H2,1-3H3. The normalized spacial score (nSPS) is 24.1. The fourth-order valence-corrected chi connectivity index (χ4v) is 4.27. The number of nitrogens with zero attached hydrogens (tertiary/aromatic N) is 1. The van der Waals surface area contributed by atoms with Crippen LogP contribution in [-0.4, -0.2) is 46.5 Å². The van der Waals surface area contributed by atoms with Crippen LogP contribution in [0.15, 0.2) is 29.2 Å². The summed E-state index contributed by atoms with van der Waals surface area (Å²) in [7, 11) is 0.471. The van der Waals surface area contributed by atoms with E-state index in [9.17, 15) is 8.42 Å². The van der Waals surface area contributed by atoms with Crippen LogP contribution >= 0.6 is 0 Å². The lowest BCUT2D eigenvalue weighted by Gasteiger charge is -2.34. The van der Waals surface area contributed by atoms with Crippen molar-refractivity contribution in [1.29, 1.82) is 0 Å². The number of rotatable bonds is 5. The molecule has 0 aliphatic carbocycles. The Kier molecular flexibility index (Phi) is 5.37. The van der Waals surface area contributed by atoms with Crippen LogP contribution < -0.4 is 10.0 Å². The maximum Gasteiger partial charge on any atom is 0.240 e. The van der Waals surface area contributed by atoms with E-state index in [1.165, 1.54) is 0 Å². The van der Waals surface area contributed by atoms with Crippen molar-refractivity contribution in [2.45, 2.75) is 30.8 Å². The average molecular weight is 311 g/mol. The van der Waals surface area contributed by atoms with Crippen LogP contribution in [0, 0.1) is 5.92 Å². The monoisotopic (exact) mass is 311 g/mol. The molecule has 1 aliphatic rings. The summed E-state index contributed by atoms with van der Waals surface area (Å²) in [6.45, 7) is 4.61. The zero-order chi connectivity index (χ0) is 15.5. The second-order valence-corrected chi connectivity index (χ2v) is 7.65. The molecule has 0 amide bonds. The number of sulfonamides is 1. The van der Waals surface area contributed by atoms with Crippen molar-refractivity contribution in [2.24, 2.45) is 5.92 Å². The van der Waals surface area contributed by atoms with Gasteiger partial charge in [0.25, 0.3) is 0 Å². The van der Waals surface area contributed by atoms with Crippen molar-refractivity contribution >= 4 is 10.0 Å².